The van der Waals surface area contributed by atoms with Crippen LogP contribution in [0.3, 0.4) is 0 Å². The highest BCUT2D eigenvalue weighted by molar-refractivity contribution is 6.30. The maximum Gasteiger partial charge on any atom is 0.408 e. The standard InChI is InChI=1S/C34H49ClN4O6/c1-20(2)28(31(43)38(9)26(29(36)41)19-22-13-16-27(40)24(17-22)33(3,4)5)39(10)30(42)25(37-32(44)45-34(6,7)8)18-21-11-14-23(35)15-12-21/h11-17,20,25-26,28,40H,18-19H2,1-10H3,(H2,36,41)(H,37,44)/t25-,26-,28-/m0/s1. The number of rotatable bonds is 11. The molecular weight excluding hydrogens is 596 g/mol. The molecule has 11 heteroatoms. The van der Waals surface area contributed by atoms with Gasteiger partial charge in [0.1, 0.15) is 29.5 Å². The molecule has 0 aliphatic carbocycles. The van der Waals surface area contributed by atoms with Gasteiger partial charge < -0.3 is 30.7 Å². The van der Waals surface area contributed by atoms with Crippen molar-refractivity contribution in [1.82, 2.24) is 15.1 Å². The van der Waals surface area contributed by atoms with Crippen molar-refractivity contribution in [1.29, 1.82) is 0 Å². The first kappa shape index (κ1) is 37.4. The minimum absolute atomic E-state index is 0.114. The Morgan fingerprint density at radius 1 is 0.889 bits per heavy atom. The Bertz CT molecular complexity index is 1360. The predicted octanol–water partition coefficient (Wildman–Crippen LogP) is 4.82. The molecule has 45 heavy (non-hydrogen) atoms. The van der Waals surface area contributed by atoms with Gasteiger partial charge in [-0.05, 0) is 67.0 Å². The van der Waals surface area contributed by atoms with E-state index >= 15 is 0 Å². The van der Waals surface area contributed by atoms with E-state index in [4.69, 9.17) is 22.1 Å². The lowest BCUT2D eigenvalue weighted by Crippen LogP contribution is -2.59. The van der Waals surface area contributed by atoms with E-state index in [-0.39, 0.29) is 29.9 Å². The smallest absolute Gasteiger partial charge is 0.408 e. The van der Waals surface area contributed by atoms with Crippen LogP contribution in [0.2, 0.25) is 5.02 Å². The van der Waals surface area contributed by atoms with Crippen molar-refractivity contribution in [2.75, 3.05) is 14.1 Å². The van der Waals surface area contributed by atoms with Crippen LogP contribution in [0.5, 0.6) is 5.75 Å². The van der Waals surface area contributed by atoms with Crippen molar-refractivity contribution in [3.63, 3.8) is 0 Å². The second-order valence-corrected chi connectivity index (χ2v) is 14.3. The zero-order chi connectivity index (χ0) is 34.4. The van der Waals surface area contributed by atoms with E-state index in [1.165, 1.54) is 23.9 Å². The fraction of sp³-hybridized carbons (Fsp3) is 0.529. The van der Waals surface area contributed by atoms with Gasteiger partial charge in [0.25, 0.3) is 0 Å². The largest absolute Gasteiger partial charge is 0.508 e. The number of ether oxygens (including phenoxy) is 1. The molecule has 4 N–H and O–H groups in total. The molecule has 0 spiro atoms. The van der Waals surface area contributed by atoms with Crippen molar-refractivity contribution < 1.29 is 29.0 Å². The van der Waals surface area contributed by atoms with E-state index in [0.717, 1.165) is 11.1 Å². The summed E-state index contributed by atoms with van der Waals surface area (Å²) in [6.07, 6.45) is -0.539. The number of carbonyl (C=O) groups excluding carboxylic acids is 4. The van der Waals surface area contributed by atoms with E-state index in [1.807, 2.05) is 26.8 Å². The lowest BCUT2D eigenvalue weighted by molar-refractivity contribution is -0.149. The van der Waals surface area contributed by atoms with Gasteiger partial charge >= 0.3 is 6.09 Å². The average Bonchev–Trinajstić information content (AvgIpc) is 2.90. The van der Waals surface area contributed by atoms with Crippen molar-refractivity contribution >= 4 is 35.4 Å². The predicted molar refractivity (Wildman–Crippen MR) is 176 cm³/mol. The third-order valence-electron chi connectivity index (χ3n) is 7.43. The van der Waals surface area contributed by atoms with Gasteiger partial charge in [0.05, 0.1) is 0 Å². The molecule has 0 aliphatic rings. The van der Waals surface area contributed by atoms with Gasteiger partial charge in [-0.25, -0.2) is 4.79 Å². The molecule has 4 amide bonds. The third-order valence-corrected chi connectivity index (χ3v) is 7.69. The number of alkyl carbamates (subject to hydrolysis) is 1. The first-order valence-electron chi connectivity index (χ1n) is 15.0. The summed E-state index contributed by atoms with van der Waals surface area (Å²) in [7, 11) is 2.99. The summed E-state index contributed by atoms with van der Waals surface area (Å²) in [5.74, 6) is -1.93. The number of carbonyl (C=O) groups is 4. The number of nitrogens with zero attached hydrogens (tertiary/aromatic N) is 2. The van der Waals surface area contributed by atoms with E-state index in [2.05, 4.69) is 5.32 Å². The van der Waals surface area contributed by atoms with Crippen LogP contribution in [0.1, 0.15) is 72.1 Å². The summed E-state index contributed by atoms with van der Waals surface area (Å²) < 4.78 is 5.42. The van der Waals surface area contributed by atoms with Crippen LogP contribution < -0.4 is 11.1 Å². The van der Waals surface area contributed by atoms with E-state index in [1.54, 1.807) is 71.0 Å². The average molecular weight is 645 g/mol. The van der Waals surface area contributed by atoms with Gasteiger partial charge in [-0.2, -0.15) is 0 Å². The Hall–Kier alpha value is -3.79. The molecule has 2 rings (SSSR count). The molecule has 2 aromatic carbocycles. The first-order chi connectivity index (χ1) is 20.6. The number of phenols is 1. The lowest BCUT2D eigenvalue weighted by Gasteiger charge is -2.37. The number of benzene rings is 2. The molecule has 0 heterocycles. The molecule has 2 aromatic rings. The van der Waals surface area contributed by atoms with E-state index in [9.17, 15) is 24.3 Å². The minimum atomic E-state index is -1.06. The number of likely N-dealkylation sites (N-methyl/N-ethyl adjacent to an activating group) is 2. The van der Waals surface area contributed by atoms with Crippen molar-refractivity contribution in [2.45, 2.75) is 97.4 Å². The maximum atomic E-state index is 14.0. The second kappa shape index (κ2) is 15.0. The van der Waals surface area contributed by atoms with Crippen LogP contribution in [0.4, 0.5) is 4.79 Å². The molecular formula is C34H49ClN4O6. The molecule has 10 nitrogen and oxygen atoms in total. The Labute approximate surface area is 272 Å². The van der Waals surface area contributed by atoms with Crippen molar-refractivity contribution in [3.8, 4) is 5.75 Å². The van der Waals surface area contributed by atoms with Gasteiger partial charge in [0.2, 0.25) is 17.7 Å². The van der Waals surface area contributed by atoms with Gasteiger partial charge in [0.15, 0.2) is 0 Å². The normalized spacial score (nSPS) is 13.9. The number of halogens is 1. The molecule has 3 atom stereocenters. The van der Waals surface area contributed by atoms with E-state index < -0.39 is 47.5 Å². The van der Waals surface area contributed by atoms with Crippen LogP contribution in [0.15, 0.2) is 42.5 Å². The number of hydrogen-bond acceptors (Lipinski definition) is 6. The topological polar surface area (TPSA) is 142 Å². The Kier molecular flexibility index (Phi) is 12.5. The maximum absolute atomic E-state index is 14.0. The molecule has 0 bridgehead atoms. The molecule has 0 saturated heterocycles. The van der Waals surface area contributed by atoms with Crippen LogP contribution in [-0.4, -0.2) is 76.5 Å². The van der Waals surface area contributed by atoms with Crippen LogP contribution in [0, 0.1) is 5.92 Å². The summed E-state index contributed by atoms with van der Waals surface area (Å²) in [5.41, 5.74) is 6.82. The van der Waals surface area contributed by atoms with Crippen LogP contribution in [-0.2, 0) is 37.4 Å². The Morgan fingerprint density at radius 2 is 1.44 bits per heavy atom. The number of primary amides is 1. The molecule has 0 fully saturated rings. The Morgan fingerprint density at radius 3 is 1.93 bits per heavy atom. The summed E-state index contributed by atoms with van der Waals surface area (Å²) in [4.78, 5) is 56.1. The van der Waals surface area contributed by atoms with Gasteiger partial charge in [-0.1, -0.05) is 70.5 Å². The second-order valence-electron chi connectivity index (χ2n) is 13.8. The molecule has 0 radical (unpaired) electrons. The summed E-state index contributed by atoms with van der Waals surface area (Å²) in [6, 6.07) is 8.88. The fourth-order valence-corrected chi connectivity index (χ4v) is 5.24. The molecule has 0 saturated carbocycles. The number of phenolic OH excluding ortho intramolecular Hbond substituents is 1. The molecule has 0 aliphatic heterocycles. The molecule has 0 aromatic heterocycles. The monoisotopic (exact) mass is 644 g/mol. The molecule has 0 unspecified atom stereocenters. The summed E-state index contributed by atoms with van der Waals surface area (Å²) >= 11 is 6.04. The highest BCUT2D eigenvalue weighted by Crippen LogP contribution is 2.32. The minimum Gasteiger partial charge on any atom is -0.508 e. The van der Waals surface area contributed by atoms with Gasteiger partial charge in [0, 0.05) is 32.0 Å². The highest BCUT2D eigenvalue weighted by Gasteiger charge is 2.38. The summed E-state index contributed by atoms with van der Waals surface area (Å²) in [5, 5.41) is 13.6. The number of hydrogen-bond donors (Lipinski definition) is 3. The molecule has 248 valence electrons. The zero-order valence-corrected chi connectivity index (χ0v) is 28.9. The highest BCUT2D eigenvalue weighted by atomic mass is 35.5. The van der Waals surface area contributed by atoms with Crippen LogP contribution >= 0.6 is 11.6 Å². The number of amides is 4. The Balaban J connectivity index is 2.39. The van der Waals surface area contributed by atoms with Crippen LogP contribution in [0.25, 0.3) is 0 Å². The SMILES string of the molecule is CC(C)[C@@H](C(=O)N(C)[C@@H](Cc1ccc(O)c(C(C)(C)C)c1)C(N)=O)N(C)C(=O)[C@H](Cc1ccc(Cl)cc1)NC(=O)OC(C)(C)C. The van der Waals surface area contributed by atoms with E-state index in [0.29, 0.717) is 10.6 Å². The van der Waals surface area contributed by atoms with Gasteiger partial charge in [-0.15, -0.1) is 0 Å². The lowest BCUT2D eigenvalue weighted by atomic mass is 9.84. The zero-order valence-electron chi connectivity index (χ0n) is 28.1. The number of nitrogens with two attached hydrogens (primary N) is 1. The van der Waals surface area contributed by atoms with Gasteiger partial charge in [-0.3, -0.25) is 14.4 Å². The third kappa shape index (κ3) is 10.7. The van der Waals surface area contributed by atoms with Crippen molar-refractivity contribution in [3.05, 3.63) is 64.2 Å². The fourth-order valence-electron chi connectivity index (χ4n) is 5.11. The number of aromatic hydroxyl groups is 1. The quantitative estimate of drug-likeness (QED) is 0.320. The van der Waals surface area contributed by atoms with Crippen molar-refractivity contribution in [2.24, 2.45) is 11.7 Å². The number of nitrogens with one attached hydrogen (secondary N) is 1. The first-order valence-corrected chi connectivity index (χ1v) is 15.4. The summed E-state index contributed by atoms with van der Waals surface area (Å²) in [6.45, 7) is 14.6.